The average Bonchev–Trinajstić information content (AvgIpc) is 4.36. The van der Waals surface area contributed by atoms with Crippen LogP contribution in [-0.4, -0.2) is 4.98 Å². The molecule has 0 aliphatic carbocycles. The van der Waals surface area contributed by atoms with E-state index in [1.54, 1.807) is 0 Å². The van der Waals surface area contributed by atoms with Crippen molar-refractivity contribution in [3.63, 3.8) is 0 Å². The van der Waals surface area contributed by atoms with Gasteiger partial charge in [0.25, 0.3) is 0 Å². The van der Waals surface area contributed by atoms with Gasteiger partial charge in [-0.1, -0.05) is 162 Å². The zero-order valence-electron chi connectivity index (χ0n) is 48.2. The summed E-state index contributed by atoms with van der Waals surface area (Å²) in [4.78, 5) is 3.69. The molecule has 0 atom stereocenters. The van der Waals surface area contributed by atoms with Crippen molar-refractivity contribution < 1.29 is 30.8 Å². The van der Waals surface area contributed by atoms with Crippen molar-refractivity contribution in [2.45, 2.75) is 119 Å². The first-order valence-electron chi connectivity index (χ1n) is 26.8. The van der Waals surface area contributed by atoms with Gasteiger partial charge in [0, 0.05) is 61.6 Å². The number of hydrogen-bond donors (Lipinski definition) is 0. The molecule has 0 saturated carbocycles. The molecule has 82 heavy (non-hydrogen) atoms. The largest absolute Gasteiger partial charge is 0.452 e. The standard InChI is InChI=1S/2C16H16O.C15H13BrO.C15H13ClO.C9H9ClF3N/c1-12(2)16-11-10-15(17-16)9-8-14-6-4-13(3)5-7-14;1-12(2)16-10-9-15(17-16)8-7-14-6-4-5-13(3)11-14;2*1-11(2)15-10-9-14(17-15)8-5-12-3-6-13(16)7-4-12;1-5(2)8-7(10)3-6(4-14-8)9(11,12)13/h4-7,10-12H,1-3H3;4-6,9-12H,1-3H3;2*3-4,6-7,9-11H,1-2H3;3-5H,1-2H3. The molecule has 0 N–H and O–H groups in total. The van der Waals surface area contributed by atoms with Crippen molar-refractivity contribution >= 4 is 39.1 Å². The maximum atomic E-state index is 12.2. The zero-order valence-corrected chi connectivity index (χ0v) is 51.3. The van der Waals surface area contributed by atoms with Crippen LogP contribution in [0.1, 0.15) is 190 Å². The Labute approximate surface area is 501 Å². The van der Waals surface area contributed by atoms with Crippen LogP contribution in [0.2, 0.25) is 10.0 Å². The third-order valence-electron chi connectivity index (χ3n) is 11.6. The Kier molecular flexibility index (Phi) is 25.4. The first kappa shape index (κ1) is 65.1. The van der Waals surface area contributed by atoms with E-state index in [1.165, 1.54) is 11.1 Å². The van der Waals surface area contributed by atoms with Crippen LogP contribution >= 0.6 is 39.1 Å². The van der Waals surface area contributed by atoms with Crippen molar-refractivity contribution in [1.29, 1.82) is 0 Å². The van der Waals surface area contributed by atoms with Crippen LogP contribution in [-0.2, 0) is 6.18 Å². The average molecular weight is 1210 g/mol. The lowest BCUT2D eigenvalue weighted by Gasteiger charge is -2.10. The van der Waals surface area contributed by atoms with Crippen molar-refractivity contribution in [3.05, 3.63) is 263 Å². The van der Waals surface area contributed by atoms with Gasteiger partial charge in [0.1, 0.15) is 23.0 Å². The summed E-state index contributed by atoms with van der Waals surface area (Å²) < 4.78 is 60.1. The Morgan fingerprint density at radius 3 is 1.11 bits per heavy atom. The highest BCUT2D eigenvalue weighted by atomic mass is 79.9. The summed E-state index contributed by atoms with van der Waals surface area (Å²) in [6.45, 7) is 24.6. The summed E-state index contributed by atoms with van der Waals surface area (Å²) in [6.07, 6.45) is -3.58. The van der Waals surface area contributed by atoms with E-state index in [4.69, 9.17) is 40.9 Å². The number of furan rings is 4. The number of aryl methyl sites for hydroxylation is 2. The summed E-state index contributed by atoms with van der Waals surface area (Å²) in [6, 6.07) is 48.2. The third kappa shape index (κ3) is 22.6. The van der Waals surface area contributed by atoms with Gasteiger partial charge in [-0.25, -0.2) is 0 Å². The molecule has 422 valence electrons. The molecular formula is C71H67BrCl2F3NO4. The van der Waals surface area contributed by atoms with Gasteiger partial charge in [0.2, 0.25) is 0 Å². The minimum atomic E-state index is -4.38. The zero-order chi connectivity index (χ0) is 59.9. The van der Waals surface area contributed by atoms with E-state index in [-0.39, 0.29) is 10.9 Å². The van der Waals surface area contributed by atoms with Gasteiger partial charge in [0.05, 0.1) is 16.3 Å². The molecule has 0 amide bonds. The lowest BCUT2D eigenvalue weighted by molar-refractivity contribution is -0.137. The van der Waals surface area contributed by atoms with Crippen LogP contribution in [0, 0.1) is 61.2 Å². The van der Waals surface area contributed by atoms with Crippen molar-refractivity contribution in [2.75, 3.05) is 0 Å². The highest BCUT2D eigenvalue weighted by Crippen LogP contribution is 2.33. The van der Waals surface area contributed by atoms with Gasteiger partial charge in [-0.15, -0.1) is 0 Å². The molecule has 0 unspecified atom stereocenters. The molecule has 11 heteroatoms. The van der Waals surface area contributed by atoms with Gasteiger partial charge in [0.15, 0.2) is 23.0 Å². The second-order valence-electron chi connectivity index (χ2n) is 20.4. The molecule has 0 saturated heterocycles. The number of benzene rings is 4. The first-order valence-corrected chi connectivity index (χ1v) is 28.3. The number of hydrogen-bond acceptors (Lipinski definition) is 5. The molecule has 0 bridgehead atoms. The van der Waals surface area contributed by atoms with Crippen LogP contribution in [0.25, 0.3) is 0 Å². The number of alkyl halides is 3. The normalized spacial score (nSPS) is 10.5. The minimum absolute atomic E-state index is 0.0183. The van der Waals surface area contributed by atoms with Crippen LogP contribution in [0.15, 0.2) is 180 Å². The molecule has 0 aliphatic rings. The van der Waals surface area contributed by atoms with E-state index < -0.39 is 11.7 Å². The highest BCUT2D eigenvalue weighted by Gasteiger charge is 2.31. The fourth-order valence-corrected chi connectivity index (χ4v) is 7.69. The Morgan fingerprint density at radius 1 is 0.415 bits per heavy atom. The van der Waals surface area contributed by atoms with Crippen molar-refractivity contribution in [3.8, 4) is 47.4 Å². The van der Waals surface area contributed by atoms with Crippen LogP contribution in [0.5, 0.6) is 0 Å². The number of nitrogens with zero attached hydrogens (tertiary/aromatic N) is 1. The van der Waals surface area contributed by atoms with Crippen molar-refractivity contribution in [1.82, 2.24) is 4.98 Å². The predicted octanol–water partition coefficient (Wildman–Crippen LogP) is 21.1. The Morgan fingerprint density at radius 2 is 0.780 bits per heavy atom. The van der Waals surface area contributed by atoms with Gasteiger partial charge < -0.3 is 17.7 Å². The van der Waals surface area contributed by atoms with Crippen LogP contribution in [0.3, 0.4) is 0 Å². The smallest absolute Gasteiger partial charge is 0.417 e. The molecule has 4 aromatic carbocycles. The number of aromatic nitrogens is 1. The van der Waals surface area contributed by atoms with Gasteiger partial charge >= 0.3 is 6.18 Å². The quantitative estimate of drug-likeness (QED) is 0.161. The fourth-order valence-electron chi connectivity index (χ4n) is 6.91. The maximum Gasteiger partial charge on any atom is 0.417 e. The maximum absolute atomic E-state index is 12.2. The molecule has 9 rings (SSSR count). The number of halogens is 6. The van der Waals surface area contributed by atoms with E-state index in [0.29, 0.717) is 35.1 Å². The summed E-state index contributed by atoms with van der Waals surface area (Å²) in [5, 5.41) is 0.783. The van der Waals surface area contributed by atoms with Crippen LogP contribution in [0.4, 0.5) is 13.2 Å². The van der Waals surface area contributed by atoms with Crippen LogP contribution < -0.4 is 0 Å². The molecule has 0 spiro atoms. The summed E-state index contributed by atoms with van der Waals surface area (Å²) in [5.74, 6) is 32.8. The van der Waals surface area contributed by atoms with E-state index >= 15 is 0 Å². The molecule has 5 aromatic heterocycles. The second kappa shape index (κ2) is 32.0. The Hall–Kier alpha value is -7.76. The number of pyridine rings is 1. The molecule has 0 fully saturated rings. The summed E-state index contributed by atoms with van der Waals surface area (Å²) >= 11 is 14.9. The lowest BCUT2D eigenvalue weighted by Crippen LogP contribution is -2.07. The molecular weight excluding hydrogens is 1140 g/mol. The Balaban J connectivity index is 0.000000188. The number of rotatable bonds is 5. The molecule has 9 aromatic rings. The van der Waals surface area contributed by atoms with Gasteiger partial charge in [-0.2, -0.15) is 13.2 Å². The van der Waals surface area contributed by atoms with Gasteiger partial charge in [-0.3, -0.25) is 4.98 Å². The molecule has 5 nitrogen and oxygen atoms in total. The Bertz CT molecular complexity index is 3450. The lowest BCUT2D eigenvalue weighted by atomic mass is 10.1. The molecule has 0 radical (unpaired) electrons. The monoisotopic (exact) mass is 1200 g/mol. The SMILES string of the molecule is CC(C)c1ccc(C#Cc2ccc(Br)cc2)o1.CC(C)c1ccc(C#Cc2ccc(Cl)cc2)o1.CC(C)c1ncc(C(F)(F)F)cc1Cl.Cc1ccc(C#Cc2ccc(C(C)C)o2)cc1.Cc1cccc(C#Cc2ccc(C(C)C)o2)c1. The van der Waals surface area contributed by atoms with Crippen molar-refractivity contribution in [2.24, 2.45) is 0 Å². The summed E-state index contributed by atoms with van der Waals surface area (Å²) in [5.41, 5.74) is 6.08. The van der Waals surface area contributed by atoms with E-state index in [0.717, 1.165) is 84.3 Å². The highest BCUT2D eigenvalue weighted by molar-refractivity contribution is 9.10. The summed E-state index contributed by atoms with van der Waals surface area (Å²) in [7, 11) is 0. The second-order valence-corrected chi connectivity index (χ2v) is 22.2. The van der Waals surface area contributed by atoms with E-state index in [2.05, 4.69) is 162 Å². The van der Waals surface area contributed by atoms with E-state index in [9.17, 15) is 13.2 Å². The first-order chi connectivity index (χ1) is 38.9. The third-order valence-corrected chi connectivity index (χ3v) is 12.7. The van der Waals surface area contributed by atoms with Gasteiger partial charge in [-0.05, 0) is 176 Å². The van der Waals surface area contributed by atoms with E-state index in [1.807, 2.05) is 135 Å². The molecule has 5 heterocycles. The minimum Gasteiger partial charge on any atom is -0.452 e. The molecule has 0 aliphatic heterocycles. The fraction of sp³-hybridized carbons (Fsp3) is 0.254. The predicted molar refractivity (Wildman–Crippen MR) is 331 cm³/mol. The topological polar surface area (TPSA) is 65.5 Å².